The second kappa shape index (κ2) is 6.14. The fourth-order valence-corrected chi connectivity index (χ4v) is 2.83. The van der Waals surface area contributed by atoms with Gasteiger partial charge in [-0.15, -0.1) is 0 Å². The molecule has 0 saturated heterocycles. The van der Waals surface area contributed by atoms with E-state index in [-0.39, 0.29) is 17.9 Å². The topological polar surface area (TPSA) is 87.3 Å². The Morgan fingerprint density at radius 1 is 1.24 bits per heavy atom. The summed E-state index contributed by atoms with van der Waals surface area (Å²) in [5.74, 6) is 0.593. The number of nitrogens with zero attached hydrogens (tertiary/aromatic N) is 3. The Morgan fingerprint density at radius 3 is 2.76 bits per heavy atom. The summed E-state index contributed by atoms with van der Waals surface area (Å²) in [7, 11) is 0. The van der Waals surface area contributed by atoms with Gasteiger partial charge in [-0.1, -0.05) is 41.9 Å². The number of fused-ring (bicyclic) bond motifs is 1. The van der Waals surface area contributed by atoms with E-state index in [4.69, 9.17) is 11.6 Å². The zero-order valence-electron chi connectivity index (χ0n) is 13.4. The van der Waals surface area contributed by atoms with Gasteiger partial charge in [0.15, 0.2) is 11.4 Å². The van der Waals surface area contributed by atoms with Crippen molar-refractivity contribution in [2.45, 2.75) is 13.3 Å². The first-order valence-electron chi connectivity index (χ1n) is 7.75. The summed E-state index contributed by atoms with van der Waals surface area (Å²) in [6.07, 6.45) is 1.83. The SMILES string of the molecule is Cc1[nH]nc(C(=O)Cc2cnc3nc(-c4ccccc4)[nH]c3c2)c1Cl. The van der Waals surface area contributed by atoms with E-state index in [2.05, 4.69) is 25.1 Å². The maximum atomic E-state index is 12.4. The van der Waals surface area contributed by atoms with Crippen LogP contribution in [0.15, 0.2) is 42.6 Å². The number of carbonyl (C=O) groups excluding carboxylic acids is 1. The highest BCUT2D eigenvalue weighted by Crippen LogP contribution is 2.22. The second-order valence-electron chi connectivity index (χ2n) is 5.78. The van der Waals surface area contributed by atoms with E-state index in [1.165, 1.54) is 0 Å². The lowest BCUT2D eigenvalue weighted by Crippen LogP contribution is -2.05. The van der Waals surface area contributed by atoms with E-state index in [1.807, 2.05) is 36.4 Å². The fourth-order valence-electron chi connectivity index (χ4n) is 2.64. The number of hydrogen-bond donors (Lipinski definition) is 2. The van der Waals surface area contributed by atoms with Crippen LogP contribution in [0.5, 0.6) is 0 Å². The van der Waals surface area contributed by atoms with Crippen molar-refractivity contribution in [3.05, 3.63) is 64.6 Å². The maximum absolute atomic E-state index is 12.4. The van der Waals surface area contributed by atoms with Gasteiger partial charge >= 0.3 is 0 Å². The van der Waals surface area contributed by atoms with Gasteiger partial charge in [-0.3, -0.25) is 9.89 Å². The fraction of sp³-hybridized carbons (Fsp3) is 0.111. The molecule has 3 aromatic heterocycles. The van der Waals surface area contributed by atoms with Crippen molar-refractivity contribution in [2.24, 2.45) is 0 Å². The van der Waals surface area contributed by atoms with Crippen LogP contribution in [0.4, 0.5) is 0 Å². The van der Waals surface area contributed by atoms with E-state index in [1.54, 1.807) is 13.1 Å². The van der Waals surface area contributed by atoms with Gasteiger partial charge in [0.05, 0.1) is 16.2 Å². The molecule has 0 bridgehead atoms. The van der Waals surface area contributed by atoms with Crippen LogP contribution in [0.3, 0.4) is 0 Å². The molecule has 2 N–H and O–H groups in total. The van der Waals surface area contributed by atoms with Gasteiger partial charge in [0.1, 0.15) is 11.5 Å². The minimum atomic E-state index is -0.154. The van der Waals surface area contributed by atoms with Gasteiger partial charge in [-0.25, -0.2) is 9.97 Å². The van der Waals surface area contributed by atoms with Crippen molar-refractivity contribution in [3.63, 3.8) is 0 Å². The Kier molecular flexibility index (Phi) is 3.82. The highest BCUT2D eigenvalue weighted by Gasteiger charge is 2.17. The van der Waals surface area contributed by atoms with Gasteiger partial charge in [-0.2, -0.15) is 5.10 Å². The summed E-state index contributed by atoms with van der Waals surface area (Å²) in [6.45, 7) is 1.77. The number of aryl methyl sites for hydroxylation is 1. The molecule has 0 aliphatic carbocycles. The molecule has 1 aromatic carbocycles. The molecular weight excluding hydrogens is 338 g/mol. The number of pyridine rings is 1. The molecule has 0 spiro atoms. The molecule has 0 radical (unpaired) electrons. The number of ketones is 1. The number of aromatic nitrogens is 5. The number of H-pyrrole nitrogens is 2. The van der Waals surface area contributed by atoms with E-state index in [9.17, 15) is 4.79 Å². The van der Waals surface area contributed by atoms with Crippen molar-refractivity contribution in [3.8, 4) is 11.4 Å². The quantitative estimate of drug-likeness (QED) is 0.548. The molecule has 3 heterocycles. The summed E-state index contributed by atoms with van der Waals surface area (Å²) >= 11 is 6.09. The van der Waals surface area contributed by atoms with Crippen molar-refractivity contribution in [1.29, 1.82) is 0 Å². The number of nitrogens with one attached hydrogen (secondary N) is 2. The van der Waals surface area contributed by atoms with Crippen LogP contribution < -0.4 is 0 Å². The molecule has 0 aliphatic heterocycles. The summed E-state index contributed by atoms with van der Waals surface area (Å²) in [6, 6.07) is 11.7. The third kappa shape index (κ3) is 2.92. The summed E-state index contributed by atoms with van der Waals surface area (Å²) < 4.78 is 0. The van der Waals surface area contributed by atoms with Gasteiger partial charge in [0.25, 0.3) is 0 Å². The van der Waals surface area contributed by atoms with Crippen LogP contribution in [-0.2, 0) is 6.42 Å². The van der Waals surface area contributed by atoms with Crippen molar-refractivity contribution in [2.75, 3.05) is 0 Å². The number of halogens is 1. The molecule has 25 heavy (non-hydrogen) atoms. The minimum Gasteiger partial charge on any atom is -0.337 e. The van der Waals surface area contributed by atoms with Crippen LogP contribution in [0, 0.1) is 6.92 Å². The first kappa shape index (κ1) is 15.5. The Bertz CT molecular complexity index is 1070. The molecule has 4 aromatic rings. The van der Waals surface area contributed by atoms with Gasteiger partial charge in [0.2, 0.25) is 0 Å². The molecular formula is C18H14ClN5O. The third-order valence-electron chi connectivity index (χ3n) is 3.94. The number of aromatic amines is 2. The average molecular weight is 352 g/mol. The van der Waals surface area contributed by atoms with Crippen LogP contribution in [0.2, 0.25) is 5.02 Å². The minimum absolute atomic E-state index is 0.154. The Balaban J connectivity index is 1.63. The zero-order valence-corrected chi connectivity index (χ0v) is 14.1. The number of imidazole rings is 1. The largest absolute Gasteiger partial charge is 0.337 e. The van der Waals surface area contributed by atoms with Gasteiger partial charge in [0, 0.05) is 18.2 Å². The monoisotopic (exact) mass is 351 g/mol. The molecule has 0 fully saturated rings. The first-order chi connectivity index (χ1) is 12.1. The Labute approximate surface area is 148 Å². The van der Waals surface area contributed by atoms with Crippen molar-refractivity contribution in [1.82, 2.24) is 25.1 Å². The van der Waals surface area contributed by atoms with Gasteiger partial charge in [-0.05, 0) is 18.6 Å². The van der Waals surface area contributed by atoms with E-state index in [0.717, 1.165) is 22.5 Å². The molecule has 0 aliphatic rings. The third-order valence-corrected chi connectivity index (χ3v) is 4.41. The normalized spacial score (nSPS) is 11.1. The predicted molar refractivity (Wildman–Crippen MR) is 95.7 cm³/mol. The maximum Gasteiger partial charge on any atom is 0.189 e. The molecule has 0 amide bonds. The van der Waals surface area contributed by atoms with Crippen LogP contribution in [0.1, 0.15) is 21.7 Å². The van der Waals surface area contributed by atoms with Gasteiger partial charge < -0.3 is 4.98 Å². The highest BCUT2D eigenvalue weighted by atomic mass is 35.5. The summed E-state index contributed by atoms with van der Waals surface area (Å²) in [5.41, 5.74) is 4.10. The molecule has 4 rings (SSSR count). The zero-order chi connectivity index (χ0) is 17.4. The lowest BCUT2D eigenvalue weighted by molar-refractivity contribution is 0.0988. The molecule has 0 saturated carbocycles. The number of hydrogen-bond acceptors (Lipinski definition) is 4. The lowest BCUT2D eigenvalue weighted by atomic mass is 10.1. The summed E-state index contributed by atoms with van der Waals surface area (Å²) in [5, 5.41) is 7.06. The Hall–Kier alpha value is -2.99. The smallest absolute Gasteiger partial charge is 0.189 e. The average Bonchev–Trinajstić information content (AvgIpc) is 3.19. The first-order valence-corrected chi connectivity index (χ1v) is 8.13. The number of benzene rings is 1. The number of carbonyl (C=O) groups is 1. The predicted octanol–water partition coefficient (Wildman–Crippen LogP) is 3.74. The molecule has 0 unspecified atom stereocenters. The molecule has 6 nitrogen and oxygen atoms in total. The second-order valence-corrected chi connectivity index (χ2v) is 6.16. The standard InChI is InChI=1S/C18H14ClN5O/c1-10-15(19)16(24-23-10)14(25)8-11-7-13-18(20-9-11)22-17(21-13)12-5-3-2-4-6-12/h2-7,9H,8H2,1H3,(H,23,24)(H,20,21,22). The van der Waals surface area contributed by atoms with E-state index in [0.29, 0.717) is 16.4 Å². The molecule has 0 atom stereocenters. The van der Waals surface area contributed by atoms with Crippen molar-refractivity contribution >= 4 is 28.5 Å². The van der Waals surface area contributed by atoms with E-state index < -0.39 is 0 Å². The molecule has 7 heteroatoms. The molecule has 124 valence electrons. The number of rotatable bonds is 4. The van der Waals surface area contributed by atoms with E-state index >= 15 is 0 Å². The highest BCUT2D eigenvalue weighted by molar-refractivity contribution is 6.34. The van der Waals surface area contributed by atoms with Crippen molar-refractivity contribution < 1.29 is 4.79 Å². The van der Waals surface area contributed by atoms with Crippen LogP contribution in [0.25, 0.3) is 22.6 Å². The Morgan fingerprint density at radius 2 is 2.04 bits per heavy atom. The van der Waals surface area contributed by atoms with Crippen LogP contribution >= 0.6 is 11.6 Å². The lowest BCUT2D eigenvalue weighted by Gasteiger charge is -1.99. The van der Waals surface area contributed by atoms with Crippen LogP contribution in [-0.4, -0.2) is 30.9 Å². The number of Topliss-reactive ketones (excluding diaryl/α,β-unsaturated/α-hetero) is 1. The summed E-state index contributed by atoms with van der Waals surface area (Å²) in [4.78, 5) is 24.5.